The first kappa shape index (κ1) is 9.98. The van der Waals surface area contributed by atoms with Gasteiger partial charge in [-0.1, -0.05) is 18.2 Å². The molecule has 0 aliphatic rings. The smallest absolute Gasteiger partial charge is 0.257 e. The van der Waals surface area contributed by atoms with Gasteiger partial charge in [-0.15, -0.1) is 0 Å². The Balaban J connectivity index is 2.60. The summed E-state index contributed by atoms with van der Waals surface area (Å²) in [6.07, 6.45) is -1.06. The molecule has 0 fully saturated rings. The summed E-state index contributed by atoms with van der Waals surface area (Å²) >= 11 is 0. The molecule has 1 heterocycles. The van der Waals surface area contributed by atoms with Crippen molar-refractivity contribution < 1.29 is 8.78 Å². The summed E-state index contributed by atoms with van der Waals surface area (Å²) in [4.78, 5) is 4.08. The van der Waals surface area contributed by atoms with Crippen LogP contribution in [-0.2, 0) is 0 Å². The number of rotatable bonds is 2. The van der Waals surface area contributed by atoms with Gasteiger partial charge in [-0.2, -0.15) is 0 Å². The van der Waals surface area contributed by atoms with Gasteiger partial charge in [-0.3, -0.25) is 4.98 Å². The third-order valence-corrected chi connectivity index (χ3v) is 2.31. The average molecular weight is 208 g/mol. The predicted molar refractivity (Wildman–Crippen MR) is 54.7 cm³/mol. The number of benzene rings is 1. The van der Waals surface area contributed by atoms with Crippen LogP contribution in [0.25, 0.3) is 10.9 Å². The maximum atomic E-state index is 12.5. The maximum Gasteiger partial charge on any atom is 0.257 e. The van der Waals surface area contributed by atoms with E-state index in [1.807, 2.05) is 6.07 Å². The summed E-state index contributed by atoms with van der Waals surface area (Å²) in [6.45, 7) is 0. The molecule has 15 heavy (non-hydrogen) atoms. The fourth-order valence-corrected chi connectivity index (χ4v) is 1.54. The highest BCUT2D eigenvalue weighted by Gasteiger charge is 2.19. The van der Waals surface area contributed by atoms with E-state index in [2.05, 4.69) is 4.98 Å². The Hall–Kier alpha value is -1.55. The van der Waals surface area contributed by atoms with Gasteiger partial charge in [0.25, 0.3) is 6.43 Å². The fourth-order valence-electron chi connectivity index (χ4n) is 1.54. The SMILES string of the molecule is N[C@@H](c1ccnc2ccccc12)C(F)F. The van der Waals surface area contributed by atoms with Gasteiger partial charge in [-0.25, -0.2) is 8.78 Å². The first-order valence-corrected chi connectivity index (χ1v) is 4.57. The number of alkyl halides is 2. The van der Waals surface area contributed by atoms with E-state index in [0.717, 1.165) is 0 Å². The van der Waals surface area contributed by atoms with Gasteiger partial charge in [0.2, 0.25) is 0 Å². The van der Waals surface area contributed by atoms with Crippen molar-refractivity contribution in [2.45, 2.75) is 12.5 Å². The Morgan fingerprint density at radius 3 is 2.60 bits per heavy atom. The monoisotopic (exact) mass is 208 g/mol. The minimum absolute atomic E-state index is 0.440. The van der Waals surface area contributed by atoms with E-state index in [0.29, 0.717) is 16.5 Å². The lowest BCUT2D eigenvalue weighted by Gasteiger charge is -2.12. The second-order valence-corrected chi connectivity index (χ2v) is 3.28. The number of nitrogens with zero attached hydrogens (tertiary/aromatic N) is 1. The first-order valence-electron chi connectivity index (χ1n) is 4.57. The summed E-state index contributed by atoms with van der Waals surface area (Å²) in [6, 6.07) is 7.41. The van der Waals surface area contributed by atoms with E-state index in [4.69, 9.17) is 5.73 Å². The summed E-state index contributed by atoms with van der Waals surface area (Å²) in [5.74, 6) is 0. The van der Waals surface area contributed by atoms with Gasteiger partial charge in [0, 0.05) is 11.6 Å². The van der Waals surface area contributed by atoms with Crippen molar-refractivity contribution in [3.8, 4) is 0 Å². The molecule has 2 rings (SSSR count). The van der Waals surface area contributed by atoms with Crippen LogP contribution in [-0.4, -0.2) is 11.4 Å². The lowest BCUT2D eigenvalue weighted by atomic mass is 10.0. The molecule has 1 aromatic heterocycles. The first-order chi connectivity index (χ1) is 7.20. The third-order valence-electron chi connectivity index (χ3n) is 2.31. The van der Waals surface area contributed by atoms with Crippen LogP contribution in [0.1, 0.15) is 11.6 Å². The van der Waals surface area contributed by atoms with Crippen molar-refractivity contribution in [2.75, 3.05) is 0 Å². The molecule has 1 aromatic carbocycles. The Labute approximate surface area is 85.7 Å². The highest BCUT2D eigenvalue weighted by molar-refractivity contribution is 5.82. The molecule has 2 nitrogen and oxygen atoms in total. The molecule has 4 heteroatoms. The molecule has 2 N–H and O–H groups in total. The molecule has 0 aliphatic carbocycles. The third kappa shape index (κ3) is 1.80. The number of hydrogen-bond acceptors (Lipinski definition) is 2. The Morgan fingerprint density at radius 1 is 1.13 bits per heavy atom. The van der Waals surface area contributed by atoms with Crippen LogP contribution < -0.4 is 5.73 Å². The van der Waals surface area contributed by atoms with E-state index in [1.54, 1.807) is 24.3 Å². The van der Waals surface area contributed by atoms with Crippen LogP contribution in [0.15, 0.2) is 36.5 Å². The lowest BCUT2D eigenvalue weighted by Crippen LogP contribution is -2.19. The molecule has 2 aromatic rings. The van der Waals surface area contributed by atoms with Crippen molar-refractivity contribution in [3.63, 3.8) is 0 Å². The molecule has 0 spiro atoms. The van der Waals surface area contributed by atoms with Crippen LogP contribution in [0.4, 0.5) is 8.78 Å². The number of hydrogen-bond donors (Lipinski definition) is 1. The minimum atomic E-state index is -2.56. The Morgan fingerprint density at radius 2 is 1.87 bits per heavy atom. The van der Waals surface area contributed by atoms with Crippen LogP contribution in [0.2, 0.25) is 0 Å². The zero-order chi connectivity index (χ0) is 10.8. The maximum absolute atomic E-state index is 12.5. The average Bonchev–Trinajstić information content (AvgIpc) is 2.27. The van der Waals surface area contributed by atoms with E-state index < -0.39 is 12.5 Å². The summed E-state index contributed by atoms with van der Waals surface area (Å²) in [7, 11) is 0. The van der Waals surface area contributed by atoms with E-state index >= 15 is 0 Å². The standard InChI is InChI=1S/C11H10F2N2/c12-11(13)10(14)8-5-6-15-9-4-2-1-3-7(8)9/h1-6,10-11H,14H2/t10-/m0/s1. The number of nitrogens with two attached hydrogens (primary N) is 1. The minimum Gasteiger partial charge on any atom is -0.319 e. The normalized spacial score (nSPS) is 13.3. The number of aromatic nitrogens is 1. The summed E-state index contributed by atoms with van der Waals surface area (Å²) in [5.41, 5.74) is 6.55. The van der Waals surface area contributed by atoms with Crippen molar-refractivity contribution in [1.29, 1.82) is 0 Å². The van der Waals surface area contributed by atoms with Crippen molar-refractivity contribution in [2.24, 2.45) is 5.73 Å². The van der Waals surface area contributed by atoms with Crippen molar-refractivity contribution >= 4 is 10.9 Å². The van der Waals surface area contributed by atoms with Crippen LogP contribution >= 0.6 is 0 Å². The van der Waals surface area contributed by atoms with Crippen molar-refractivity contribution in [3.05, 3.63) is 42.1 Å². The molecular formula is C11H10F2N2. The number of fused-ring (bicyclic) bond motifs is 1. The highest BCUT2D eigenvalue weighted by Crippen LogP contribution is 2.24. The number of pyridine rings is 1. The molecule has 1 atom stereocenters. The summed E-state index contributed by atoms with van der Waals surface area (Å²) in [5, 5.41) is 0.688. The lowest BCUT2D eigenvalue weighted by molar-refractivity contribution is 0.117. The van der Waals surface area contributed by atoms with E-state index in [-0.39, 0.29) is 0 Å². The van der Waals surface area contributed by atoms with Gasteiger partial charge < -0.3 is 5.73 Å². The fraction of sp³-hybridized carbons (Fsp3) is 0.182. The van der Waals surface area contributed by atoms with Gasteiger partial charge in [0.1, 0.15) is 0 Å². The number of halogens is 2. The molecule has 0 bridgehead atoms. The quantitative estimate of drug-likeness (QED) is 0.823. The number of para-hydroxylation sites is 1. The molecule has 0 saturated carbocycles. The molecule has 0 saturated heterocycles. The second-order valence-electron chi connectivity index (χ2n) is 3.28. The Kier molecular flexibility index (Phi) is 2.60. The van der Waals surface area contributed by atoms with Gasteiger partial charge in [0.05, 0.1) is 11.6 Å². The predicted octanol–water partition coefficient (Wildman–Crippen LogP) is 2.50. The van der Waals surface area contributed by atoms with Gasteiger partial charge in [0.15, 0.2) is 0 Å². The molecule has 0 amide bonds. The zero-order valence-corrected chi connectivity index (χ0v) is 7.90. The molecule has 78 valence electrons. The topological polar surface area (TPSA) is 38.9 Å². The van der Waals surface area contributed by atoms with Crippen LogP contribution in [0.5, 0.6) is 0 Å². The highest BCUT2D eigenvalue weighted by atomic mass is 19.3. The van der Waals surface area contributed by atoms with E-state index in [9.17, 15) is 8.78 Å². The molecule has 0 unspecified atom stereocenters. The largest absolute Gasteiger partial charge is 0.319 e. The molecule has 0 radical (unpaired) electrons. The van der Waals surface area contributed by atoms with Crippen LogP contribution in [0.3, 0.4) is 0 Å². The van der Waals surface area contributed by atoms with Crippen LogP contribution in [0, 0.1) is 0 Å². The second kappa shape index (κ2) is 3.90. The van der Waals surface area contributed by atoms with Gasteiger partial charge in [-0.05, 0) is 17.7 Å². The molecular weight excluding hydrogens is 198 g/mol. The van der Waals surface area contributed by atoms with Crippen molar-refractivity contribution in [1.82, 2.24) is 4.98 Å². The summed E-state index contributed by atoms with van der Waals surface area (Å²) < 4.78 is 25.0. The van der Waals surface area contributed by atoms with E-state index in [1.165, 1.54) is 6.20 Å². The molecule has 0 aliphatic heterocycles. The van der Waals surface area contributed by atoms with Gasteiger partial charge >= 0.3 is 0 Å². The Bertz CT molecular complexity index is 466. The zero-order valence-electron chi connectivity index (χ0n) is 7.90.